The summed E-state index contributed by atoms with van der Waals surface area (Å²) in [5.74, 6) is 0. The van der Waals surface area contributed by atoms with Gasteiger partial charge in [-0.25, -0.2) is 0 Å². The summed E-state index contributed by atoms with van der Waals surface area (Å²) in [7, 11) is 0. The predicted octanol–water partition coefficient (Wildman–Crippen LogP) is 20.6. The van der Waals surface area contributed by atoms with E-state index in [2.05, 4.69) is 339 Å². The summed E-state index contributed by atoms with van der Waals surface area (Å²) in [5.41, 5.74) is 26.9. The summed E-state index contributed by atoms with van der Waals surface area (Å²) in [4.78, 5) is 2.49. The summed E-state index contributed by atoms with van der Waals surface area (Å²) >= 11 is 0. The van der Waals surface area contributed by atoms with Gasteiger partial charge in [0.2, 0.25) is 0 Å². The molecule has 0 aliphatic heterocycles. The van der Waals surface area contributed by atoms with Crippen LogP contribution in [0.1, 0.15) is 44.5 Å². The Morgan fingerprint density at radius 2 is 0.531 bits per heavy atom. The van der Waals surface area contributed by atoms with Gasteiger partial charge >= 0.3 is 0 Å². The molecule has 13 aromatic rings. The largest absolute Gasteiger partial charge is 0.310 e. The van der Waals surface area contributed by atoms with E-state index in [9.17, 15) is 0 Å². The van der Waals surface area contributed by atoms with E-state index < -0.39 is 10.8 Å². The predicted molar refractivity (Wildman–Crippen MR) is 337 cm³/mol. The lowest BCUT2D eigenvalue weighted by molar-refractivity contribution is 0.768. The van der Waals surface area contributed by atoms with Crippen molar-refractivity contribution in [1.82, 2.24) is 0 Å². The third kappa shape index (κ3) is 7.76. The molecule has 0 bridgehead atoms. The Balaban J connectivity index is 0.907. The normalized spacial score (nSPS) is 13.1. The summed E-state index contributed by atoms with van der Waals surface area (Å²) in [6, 6.07) is 123. The summed E-state index contributed by atoms with van der Waals surface area (Å²) in [6.45, 7) is 0. The molecule has 380 valence electrons. The zero-order chi connectivity index (χ0) is 53.7. The molecule has 0 fully saturated rings. The smallest absolute Gasteiger partial charge is 0.0714 e. The molecule has 2 aliphatic rings. The van der Waals surface area contributed by atoms with Crippen LogP contribution >= 0.6 is 0 Å². The van der Waals surface area contributed by atoms with Crippen LogP contribution in [0.15, 0.2) is 334 Å². The first kappa shape index (κ1) is 47.8. The zero-order valence-electron chi connectivity index (χ0n) is 44.7. The summed E-state index contributed by atoms with van der Waals surface area (Å²) in [5, 5.41) is 0. The lowest BCUT2D eigenvalue weighted by atomic mass is 9.67. The van der Waals surface area contributed by atoms with E-state index in [1.807, 2.05) is 0 Å². The first-order valence-corrected chi connectivity index (χ1v) is 28.1. The molecule has 81 heavy (non-hydrogen) atoms. The highest BCUT2D eigenvalue weighted by Crippen LogP contribution is 2.60. The van der Waals surface area contributed by atoms with Crippen molar-refractivity contribution < 1.29 is 0 Å². The molecule has 1 nitrogen and oxygen atoms in total. The van der Waals surface area contributed by atoms with Gasteiger partial charge < -0.3 is 4.90 Å². The van der Waals surface area contributed by atoms with E-state index in [0.29, 0.717) is 0 Å². The number of fused-ring (bicyclic) bond motifs is 6. The zero-order valence-corrected chi connectivity index (χ0v) is 44.7. The molecule has 0 amide bonds. The molecule has 1 heteroatoms. The van der Waals surface area contributed by atoms with Gasteiger partial charge in [0.05, 0.1) is 16.5 Å². The second-order valence-corrected chi connectivity index (χ2v) is 21.5. The minimum atomic E-state index is -0.550. The van der Waals surface area contributed by atoms with E-state index in [-0.39, 0.29) is 0 Å². The Hall–Kier alpha value is -10.3. The van der Waals surface area contributed by atoms with Gasteiger partial charge in [0.25, 0.3) is 0 Å². The average molecular weight is 1030 g/mol. The molecule has 0 unspecified atom stereocenters. The molecule has 15 rings (SSSR count). The highest BCUT2D eigenvalue weighted by Gasteiger charge is 2.48. The molecule has 0 spiro atoms. The van der Waals surface area contributed by atoms with Crippen LogP contribution in [0.4, 0.5) is 17.1 Å². The van der Waals surface area contributed by atoms with Gasteiger partial charge in [-0.1, -0.05) is 279 Å². The van der Waals surface area contributed by atoms with Crippen LogP contribution in [-0.2, 0) is 10.8 Å². The molecular formula is C80H55N. The van der Waals surface area contributed by atoms with Crippen LogP contribution in [-0.4, -0.2) is 0 Å². The standard InChI is InChI=1S/C80H55N/c1-7-24-56(25-8-1)61-52-62(57-26-9-2-10-27-57)54-63(53-61)59-44-49-69(50-45-59)81(77-41-23-40-75-78(77)72-37-20-22-39-74(72)79(75,64-28-11-3-12-29-64)65-30-13-4-14-31-65)68-47-42-58(43-48-68)60-46-51-71-70-36-19-21-38-73(70)80(76(71)55-60,66-32-15-5-16-33-66)67-34-17-6-18-35-67/h1-55H. The summed E-state index contributed by atoms with van der Waals surface area (Å²) in [6.07, 6.45) is 0. The maximum absolute atomic E-state index is 2.49. The molecular weight excluding hydrogens is 975 g/mol. The third-order valence-corrected chi connectivity index (χ3v) is 17.2. The van der Waals surface area contributed by atoms with E-state index in [0.717, 1.165) is 28.2 Å². The SMILES string of the molecule is c1ccc(-c2cc(-c3ccccc3)cc(-c3ccc(N(c4ccc(-c5ccc6c(c5)C(c5ccccc5)(c5ccccc5)c5ccccc5-6)cc4)c4cccc5c4-c4ccccc4C5(c4ccccc4)c4ccccc4)cc3)c2)cc1. The third-order valence-electron chi connectivity index (χ3n) is 17.2. The van der Waals surface area contributed by atoms with Gasteiger partial charge in [0.15, 0.2) is 0 Å². The molecule has 0 saturated heterocycles. The Bertz CT molecular complexity index is 4260. The maximum Gasteiger partial charge on any atom is 0.0714 e. The van der Waals surface area contributed by atoms with Crippen molar-refractivity contribution in [3.63, 3.8) is 0 Å². The quantitative estimate of drug-likeness (QED) is 0.125. The van der Waals surface area contributed by atoms with Crippen LogP contribution in [0.5, 0.6) is 0 Å². The van der Waals surface area contributed by atoms with Crippen LogP contribution in [0.2, 0.25) is 0 Å². The van der Waals surface area contributed by atoms with Crippen LogP contribution in [0, 0.1) is 0 Å². The number of rotatable bonds is 11. The van der Waals surface area contributed by atoms with Crippen molar-refractivity contribution in [2.24, 2.45) is 0 Å². The lowest BCUT2D eigenvalue weighted by Crippen LogP contribution is -2.28. The van der Waals surface area contributed by atoms with Crippen molar-refractivity contribution in [1.29, 1.82) is 0 Å². The Labute approximate surface area is 475 Å². The van der Waals surface area contributed by atoms with Gasteiger partial charge in [-0.2, -0.15) is 0 Å². The van der Waals surface area contributed by atoms with E-state index in [1.54, 1.807) is 0 Å². The Kier molecular flexibility index (Phi) is 11.7. The van der Waals surface area contributed by atoms with Crippen molar-refractivity contribution in [2.75, 3.05) is 4.90 Å². The molecule has 2 aliphatic carbocycles. The second-order valence-electron chi connectivity index (χ2n) is 21.5. The van der Waals surface area contributed by atoms with Gasteiger partial charge in [-0.05, 0) is 160 Å². The fourth-order valence-electron chi connectivity index (χ4n) is 13.7. The van der Waals surface area contributed by atoms with Crippen molar-refractivity contribution >= 4 is 17.1 Å². The first-order chi connectivity index (χ1) is 40.2. The summed E-state index contributed by atoms with van der Waals surface area (Å²) < 4.78 is 0. The van der Waals surface area contributed by atoms with Gasteiger partial charge in [-0.15, -0.1) is 0 Å². The van der Waals surface area contributed by atoms with Crippen LogP contribution < -0.4 is 4.90 Å². The van der Waals surface area contributed by atoms with E-state index in [1.165, 1.54) is 100 Å². The van der Waals surface area contributed by atoms with E-state index >= 15 is 0 Å². The minimum absolute atomic E-state index is 0.488. The molecule has 0 saturated carbocycles. The first-order valence-electron chi connectivity index (χ1n) is 28.1. The number of nitrogens with zero attached hydrogens (tertiary/aromatic N) is 1. The van der Waals surface area contributed by atoms with E-state index in [4.69, 9.17) is 0 Å². The molecule has 13 aromatic carbocycles. The molecule has 0 aromatic heterocycles. The number of benzene rings is 13. The monoisotopic (exact) mass is 1030 g/mol. The lowest BCUT2D eigenvalue weighted by Gasteiger charge is -2.34. The average Bonchev–Trinajstić information content (AvgIpc) is 3.17. The van der Waals surface area contributed by atoms with Gasteiger partial charge in [-0.3, -0.25) is 0 Å². The number of hydrogen-bond acceptors (Lipinski definition) is 1. The minimum Gasteiger partial charge on any atom is -0.310 e. The van der Waals surface area contributed by atoms with Crippen molar-refractivity contribution in [3.05, 3.63) is 378 Å². The van der Waals surface area contributed by atoms with Gasteiger partial charge in [0.1, 0.15) is 0 Å². The Morgan fingerprint density at radius 1 is 0.198 bits per heavy atom. The maximum atomic E-state index is 2.49. The number of hydrogen-bond donors (Lipinski definition) is 0. The van der Waals surface area contributed by atoms with Crippen LogP contribution in [0.3, 0.4) is 0 Å². The van der Waals surface area contributed by atoms with Crippen LogP contribution in [0.25, 0.3) is 66.8 Å². The molecule has 0 heterocycles. The molecule has 0 radical (unpaired) electrons. The fourth-order valence-corrected chi connectivity index (χ4v) is 13.7. The second kappa shape index (κ2) is 19.8. The van der Waals surface area contributed by atoms with Gasteiger partial charge in [0, 0.05) is 16.9 Å². The molecule has 0 N–H and O–H groups in total. The van der Waals surface area contributed by atoms with Crippen molar-refractivity contribution in [3.8, 4) is 66.8 Å². The Morgan fingerprint density at radius 3 is 1.00 bits per heavy atom. The highest BCUT2D eigenvalue weighted by atomic mass is 15.1. The fraction of sp³-hybridized carbons (Fsp3) is 0.0250. The highest BCUT2D eigenvalue weighted by molar-refractivity contribution is 5.98. The van der Waals surface area contributed by atoms with Crippen molar-refractivity contribution in [2.45, 2.75) is 10.8 Å². The number of anilines is 3. The topological polar surface area (TPSA) is 3.24 Å². The molecule has 0 atom stereocenters.